The summed E-state index contributed by atoms with van der Waals surface area (Å²) in [5.41, 5.74) is 0.841. The second-order valence-electron chi connectivity index (χ2n) is 4.71. The van der Waals surface area contributed by atoms with Gasteiger partial charge in [0, 0.05) is 32.1 Å². The molecule has 5 nitrogen and oxygen atoms in total. The molecule has 1 aromatic heterocycles. The summed E-state index contributed by atoms with van der Waals surface area (Å²) in [6.45, 7) is 6.62. The van der Waals surface area contributed by atoms with Crippen LogP contribution in [0.4, 0.5) is 0 Å². The van der Waals surface area contributed by atoms with Gasteiger partial charge in [-0.2, -0.15) is 0 Å². The molecule has 0 aliphatic carbocycles. The summed E-state index contributed by atoms with van der Waals surface area (Å²) < 4.78 is 0. The van der Waals surface area contributed by atoms with E-state index in [9.17, 15) is 9.59 Å². The minimum atomic E-state index is -0.0402. The maximum Gasteiger partial charge on any atom is 0.222 e. The Balaban J connectivity index is 2.46. The third-order valence-electron chi connectivity index (χ3n) is 2.73. The fourth-order valence-electron chi connectivity index (χ4n) is 1.55. The fourth-order valence-corrected chi connectivity index (χ4v) is 1.55. The number of amides is 2. The summed E-state index contributed by atoms with van der Waals surface area (Å²) in [6, 6.07) is 5.61. The van der Waals surface area contributed by atoms with Gasteiger partial charge in [0.05, 0.1) is 12.2 Å². The molecule has 0 saturated carbocycles. The molecule has 1 heterocycles. The molecule has 0 radical (unpaired) electrons. The van der Waals surface area contributed by atoms with Gasteiger partial charge < -0.3 is 10.2 Å². The largest absolute Gasteiger partial charge is 0.354 e. The zero-order valence-corrected chi connectivity index (χ0v) is 11.7. The van der Waals surface area contributed by atoms with Gasteiger partial charge in [0.15, 0.2) is 0 Å². The van der Waals surface area contributed by atoms with Crippen molar-refractivity contribution in [2.24, 2.45) is 5.92 Å². The fraction of sp³-hybridized carbons (Fsp3) is 0.500. The van der Waals surface area contributed by atoms with Crippen molar-refractivity contribution in [1.82, 2.24) is 15.2 Å². The van der Waals surface area contributed by atoms with E-state index < -0.39 is 0 Å². The van der Waals surface area contributed by atoms with E-state index in [0.717, 1.165) is 5.69 Å². The van der Waals surface area contributed by atoms with Crippen LogP contribution >= 0.6 is 0 Å². The number of carbonyl (C=O) groups excluding carboxylic acids is 2. The first-order chi connectivity index (χ1) is 9.00. The first-order valence-electron chi connectivity index (χ1n) is 6.44. The number of carbonyl (C=O) groups is 2. The normalized spacial score (nSPS) is 10.3. The van der Waals surface area contributed by atoms with Gasteiger partial charge in [0.1, 0.15) is 0 Å². The molecular weight excluding hydrogens is 242 g/mol. The number of nitrogens with one attached hydrogen (secondary N) is 1. The van der Waals surface area contributed by atoms with E-state index in [1.165, 1.54) is 6.92 Å². The third-order valence-corrected chi connectivity index (χ3v) is 2.73. The molecule has 1 aromatic rings. The number of nitrogens with zero attached hydrogens (tertiary/aromatic N) is 2. The van der Waals surface area contributed by atoms with Gasteiger partial charge in [-0.15, -0.1) is 0 Å². The second-order valence-corrected chi connectivity index (χ2v) is 4.71. The summed E-state index contributed by atoms with van der Waals surface area (Å²) in [7, 11) is 0. The first kappa shape index (κ1) is 15.1. The van der Waals surface area contributed by atoms with E-state index >= 15 is 0 Å². The van der Waals surface area contributed by atoms with Crippen molar-refractivity contribution in [2.45, 2.75) is 27.3 Å². The topological polar surface area (TPSA) is 62.3 Å². The molecule has 0 atom stereocenters. The van der Waals surface area contributed by atoms with Crippen LogP contribution in [0.3, 0.4) is 0 Å². The summed E-state index contributed by atoms with van der Waals surface area (Å²) in [5.74, 6) is -0.0626. The standard InChI is InChI=1S/C14H21N3O2/c1-11(2)14(19)16-8-9-17(12(3)18)10-13-6-4-5-7-15-13/h4-7,11H,8-10H2,1-3H3,(H,16,19). The van der Waals surface area contributed by atoms with Crippen molar-refractivity contribution in [3.05, 3.63) is 30.1 Å². The van der Waals surface area contributed by atoms with Crippen molar-refractivity contribution in [3.8, 4) is 0 Å². The molecule has 0 aliphatic rings. The highest BCUT2D eigenvalue weighted by atomic mass is 16.2. The molecule has 0 aliphatic heterocycles. The molecular formula is C14H21N3O2. The molecule has 0 spiro atoms. The summed E-state index contributed by atoms with van der Waals surface area (Å²) in [5, 5.41) is 2.80. The lowest BCUT2D eigenvalue weighted by Crippen LogP contribution is -2.38. The van der Waals surface area contributed by atoms with Crippen molar-refractivity contribution in [1.29, 1.82) is 0 Å². The first-order valence-corrected chi connectivity index (χ1v) is 6.44. The number of hydrogen-bond donors (Lipinski definition) is 1. The van der Waals surface area contributed by atoms with Crippen molar-refractivity contribution in [2.75, 3.05) is 13.1 Å². The predicted octanol–water partition coefficient (Wildman–Crippen LogP) is 1.20. The van der Waals surface area contributed by atoms with Gasteiger partial charge in [-0.05, 0) is 12.1 Å². The lowest BCUT2D eigenvalue weighted by Gasteiger charge is -2.21. The minimum absolute atomic E-state index is 0.00124. The Hall–Kier alpha value is -1.91. The molecule has 2 amide bonds. The minimum Gasteiger partial charge on any atom is -0.354 e. The Labute approximate surface area is 114 Å². The van der Waals surface area contributed by atoms with Crippen LogP contribution in [0.2, 0.25) is 0 Å². The van der Waals surface area contributed by atoms with E-state index in [1.54, 1.807) is 11.1 Å². The lowest BCUT2D eigenvalue weighted by atomic mass is 10.2. The van der Waals surface area contributed by atoms with Crippen LogP contribution in [0.25, 0.3) is 0 Å². The summed E-state index contributed by atoms with van der Waals surface area (Å²) >= 11 is 0. The van der Waals surface area contributed by atoms with Crippen LogP contribution in [-0.2, 0) is 16.1 Å². The van der Waals surface area contributed by atoms with E-state index in [2.05, 4.69) is 10.3 Å². The number of aromatic nitrogens is 1. The molecule has 0 aromatic carbocycles. The van der Waals surface area contributed by atoms with Crippen LogP contribution < -0.4 is 5.32 Å². The lowest BCUT2D eigenvalue weighted by molar-refractivity contribution is -0.130. The zero-order chi connectivity index (χ0) is 14.3. The Morgan fingerprint density at radius 3 is 2.63 bits per heavy atom. The molecule has 5 heteroatoms. The second kappa shape index (κ2) is 7.51. The Kier molecular flexibility index (Phi) is 5.99. The maximum absolute atomic E-state index is 11.5. The van der Waals surface area contributed by atoms with Gasteiger partial charge in [0.2, 0.25) is 11.8 Å². The maximum atomic E-state index is 11.5. The zero-order valence-electron chi connectivity index (χ0n) is 11.7. The van der Waals surface area contributed by atoms with Crippen molar-refractivity contribution < 1.29 is 9.59 Å². The van der Waals surface area contributed by atoms with Gasteiger partial charge in [0.25, 0.3) is 0 Å². The Bertz CT molecular complexity index is 418. The molecule has 0 saturated heterocycles. The van der Waals surface area contributed by atoms with E-state index in [-0.39, 0.29) is 17.7 Å². The van der Waals surface area contributed by atoms with Gasteiger partial charge in [-0.3, -0.25) is 14.6 Å². The number of pyridine rings is 1. The van der Waals surface area contributed by atoms with E-state index in [4.69, 9.17) is 0 Å². The number of hydrogen-bond acceptors (Lipinski definition) is 3. The molecule has 1 N–H and O–H groups in total. The van der Waals surface area contributed by atoms with E-state index in [1.807, 2.05) is 32.0 Å². The number of rotatable bonds is 6. The molecule has 0 unspecified atom stereocenters. The monoisotopic (exact) mass is 263 g/mol. The highest BCUT2D eigenvalue weighted by Crippen LogP contribution is 2.01. The smallest absolute Gasteiger partial charge is 0.222 e. The highest BCUT2D eigenvalue weighted by Gasteiger charge is 2.11. The average Bonchev–Trinajstić information content (AvgIpc) is 2.38. The predicted molar refractivity (Wildman–Crippen MR) is 73.2 cm³/mol. The molecule has 1 rings (SSSR count). The summed E-state index contributed by atoms with van der Waals surface area (Å²) in [6.07, 6.45) is 1.70. The van der Waals surface area contributed by atoms with Gasteiger partial charge in [-0.25, -0.2) is 0 Å². The van der Waals surface area contributed by atoms with Gasteiger partial charge >= 0.3 is 0 Å². The third kappa shape index (κ3) is 5.50. The average molecular weight is 263 g/mol. The van der Waals surface area contributed by atoms with Crippen LogP contribution in [0.1, 0.15) is 26.5 Å². The molecule has 0 bridgehead atoms. The summed E-state index contributed by atoms with van der Waals surface area (Å²) in [4.78, 5) is 28.8. The van der Waals surface area contributed by atoms with Crippen LogP contribution in [0.15, 0.2) is 24.4 Å². The quantitative estimate of drug-likeness (QED) is 0.839. The highest BCUT2D eigenvalue weighted by molar-refractivity contribution is 5.78. The van der Waals surface area contributed by atoms with Crippen molar-refractivity contribution in [3.63, 3.8) is 0 Å². The van der Waals surface area contributed by atoms with Crippen LogP contribution in [0, 0.1) is 5.92 Å². The van der Waals surface area contributed by atoms with Crippen LogP contribution in [-0.4, -0.2) is 34.8 Å². The van der Waals surface area contributed by atoms with Gasteiger partial charge in [-0.1, -0.05) is 19.9 Å². The Morgan fingerprint density at radius 2 is 2.11 bits per heavy atom. The molecule has 19 heavy (non-hydrogen) atoms. The SMILES string of the molecule is CC(=O)N(CCNC(=O)C(C)C)Cc1ccccn1. The molecule has 0 fully saturated rings. The van der Waals surface area contributed by atoms with Crippen LogP contribution in [0.5, 0.6) is 0 Å². The Morgan fingerprint density at radius 1 is 1.37 bits per heavy atom. The van der Waals surface area contributed by atoms with E-state index in [0.29, 0.717) is 19.6 Å². The van der Waals surface area contributed by atoms with Crippen molar-refractivity contribution >= 4 is 11.8 Å². The molecule has 104 valence electrons.